The number of carbonyl (C=O) groups is 2. The van der Waals surface area contributed by atoms with Gasteiger partial charge in [0.25, 0.3) is 5.91 Å². The SMILES string of the molecule is COc1ccc(/C=C2\N=C(SCC(=O)[O-])N(Cc3ccccc3)C2=O)cc1. The maximum absolute atomic E-state index is 12.8. The molecule has 0 saturated carbocycles. The van der Waals surface area contributed by atoms with Gasteiger partial charge in [-0.3, -0.25) is 9.69 Å². The molecule has 6 nitrogen and oxygen atoms in total. The third kappa shape index (κ3) is 4.77. The number of benzene rings is 2. The number of carboxylic acid groups (broad SMARTS) is 1. The van der Waals surface area contributed by atoms with Gasteiger partial charge >= 0.3 is 0 Å². The van der Waals surface area contributed by atoms with Crippen molar-refractivity contribution in [3.05, 3.63) is 71.4 Å². The normalized spacial score (nSPS) is 15.1. The molecule has 3 rings (SSSR count). The quantitative estimate of drug-likeness (QED) is 0.714. The molecular weight excluding hydrogens is 364 g/mol. The lowest BCUT2D eigenvalue weighted by Gasteiger charge is -2.17. The largest absolute Gasteiger partial charge is 0.549 e. The van der Waals surface area contributed by atoms with Crippen molar-refractivity contribution in [2.75, 3.05) is 12.9 Å². The zero-order chi connectivity index (χ0) is 19.2. The highest BCUT2D eigenvalue weighted by atomic mass is 32.2. The maximum atomic E-state index is 12.8. The molecule has 0 atom stereocenters. The summed E-state index contributed by atoms with van der Waals surface area (Å²) in [5.74, 6) is -1.03. The predicted molar refractivity (Wildman–Crippen MR) is 103 cm³/mol. The highest BCUT2D eigenvalue weighted by Gasteiger charge is 2.30. The molecule has 27 heavy (non-hydrogen) atoms. The molecule has 1 amide bonds. The molecule has 0 aliphatic carbocycles. The van der Waals surface area contributed by atoms with Crippen molar-refractivity contribution in [1.82, 2.24) is 4.90 Å². The molecule has 0 spiro atoms. The van der Waals surface area contributed by atoms with Gasteiger partial charge in [0.1, 0.15) is 11.4 Å². The number of carbonyl (C=O) groups excluding carboxylic acids is 2. The number of methoxy groups -OCH3 is 1. The molecule has 0 radical (unpaired) electrons. The lowest BCUT2D eigenvalue weighted by molar-refractivity contribution is -0.301. The number of carboxylic acids is 1. The van der Waals surface area contributed by atoms with Gasteiger partial charge in [-0.05, 0) is 29.3 Å². The van der Waals surface area contributed by atoms with Crippen LogP contribution in [-0.4, -0.2) is 34.8 Å². The molecular formula is C20H17N2O4S-. The maximum Gasteiger partial charge on any atom is 0.278 e. The Labute approximate surface area is 161 Å². The third-order valence-corrected chi connectivity index (χ3v) is 4.78. The molecule has 0 unspecified atom stereocenters. The van der Waals surface area contributed by atoms with E-state index >= 15 is 0 Å². The molecule has 2 aromatic rings. The van der Waals surface area contributed by atoms with Crippen LogP contribution in [0.2, 0.25) is 0 Å². The first kappa shape index (κ1) is 18.7. The van der Waals surface area contributed by atoms with Crippen molar-refractivity contribution in [2.24, 2.45) is 4.99 Å². The first-order valence-corrected chi connectivity index (χ1v) is 9.18. The van der Waals surface area contributed by atoms with E-state index in [0.717, 1.165) is 22.9 Å². The Bertz CT molecular complexity index is 892. The predicted octanol–water partition coefficient (Wildman–Crippen LogP) is 1.92. The summed E-state index contributed by atoms with van der Waals surface area (Å²) in [6, 6.07) is 16.7. The summed E-state index contributed by atoms with van der Waals surface area (Å²) in [7, 11) is 1.58. The summed E-state index contributed by atoms with van der Waals surface area (Å²) < 4.78 is 5.13. The standard InChI is InChI=1S/C20H18N2O4S/c1-26-16-9-7-14(8-10-16)11-17-19(25)22(12-15-5-3-2-4-6-15)20(21-17)27-13-18(23)24/h2-11H,12-13H2,1H3,(H,23,24)/p-1/b17-11-. The number of hydrogen-bond acceptors (Lipinski definition) is 6. The van der Waals surface area contributed by atoms with Crippen molar-refractivity contribution in [1.29, 1.82) is 0 Å². The van der Waals surface area contributed by atoms with E-state index in [1.807, 2.05) is 42.5 Å². The highest BCUT2D eigenvalue weighted by Crippen LogP contribution is 2.26. The Morgan fingerprint density at radius 3 is 2.52 bits per heavy atom. The fraction of sp³-hybridized carbons (Fsp3) is 0.150. The van der Waals surface area contributed by atoms with Crippen molar-refractivity contribution >= 4 is 34.9 Å². The monoisotopic (exact) mass is 381 g/mol. The Kier molecular flexibility index (Phi) is 5.93. The summed E-state index contributed by atoms with van der Waals surface area (Å²) in [5, 5.41) is 11.2. The van der Waals surface area contributed by atoms with Crippen LogP contribution in [0.3, 0.4) is 0 Å². The number of aliphatic carboxylic acids is 1. The molecule has 0 fully saturated rings. The van der Waals surface area contributed by atoms with E-state index in [1.54, 1.807) is 25.3 Å². The molecule has 1 heterocycles. The lowest BCUT2D eigenvalue weighted by Crippen LogP contribution is -2.32. The second-order valence-electron chi connectivity index (χ2n) is 5.73. The van der Waals surface area contributed by atoms with Crippen LogP contribution in [0.4, 0.5) is 0 Å². The fourth-order valence-corrected chi connectivity index (χ4v) is 3.24. The van der Waals surface area contributed by atoms with Crippen LogP contribution in [0.25, 0.3) is 6.08 Å². The summed E-state index contributed by atoms with van der Waals surface area (Å²) >= 11 is 0.976. The topological polar surface area (TPSA) is 82.0 Å². The summed E-state index contributed by atoms with van der Waals surface area (Å²) in [6.07, 6.45) is 1.67. The number of amides is 1. The highest BCUT2D eigenvalue weighted by molar-refractivity contribution is 8.14. The minimum atomic E-state index is -1.21. The van der Waals surface area contributed by atoms with E-state index in [1.165, 1.54) is 4.90 Å². The average Bonchev–Trinajstić information content (AvgIpc) is 2.97. The molecule has 0 aromatic heterocycles. The zero-order valence-corrected chi connectivity index (χ0v) is 15.4. The summed E-state index contributed by atoms with van der Waals surface area (Å²) in [6.45, 7) is 0.318. The van der Waals surface area contributed by atoms with Crippen molar-refractivity contribution in [3.63, 3.8) is 0 Å². The smallest absolute Gasteiger partial charge is 0.278 e. The third-order valence-electron chi connectivity index (χ3n) is 3.83. The molecule has 138 valence electrons. The molecule has 1 aliphatic heterocycles. The second-order valence-corrected chi connectivity index (χ2v) is 6.68. The second kappa shape index (κ2) is 8.55. The number of amidine groups is 1. The van der Waals surface area contributed by atoms with Crippen LogP contribution in [0, 0.1) is 0 Å². The summed E-state index contributed by atoms with van der Waals surface area (Å²) in [5.41, 5.74) is 1.99. The molecule has 0 N–H and O–H groups in total. The van der Waals surface area contributed by atoms with Crippen molar-refractivity contribution in [2.45, 2.75) is 6.54 Å². The van der Waals surface area contributed by atoms with Crippen LogP contribution in [0.5, 0.6) is 5.75 Å². The Balaban J connectivity index is 1.86. The van der Waals surface area contributed by atoms with Crippen LogP contribution < -0.4 is 9.84 Å². The first-order valence-electron chi connectivity index (χ1n) is 8.19. The van der Waals surface area contributed by atoms with E-state index in [2.05, 4.69) is 4.99 Å². The first-order chi connectivity index (χ1) is 13.1. The van der Waals surface area contributed by atoms with Gasteiger partial charge in [0.05, 0.1) is 19.6 Å². The number of aliphatic imine (C=N–C) groups is 1. The van der Waals surface area contributed by atoms with Crippen molar-refractivity contribution in [3.8, 4) is 5.75 Å². The lowest BCUT2D eigenvalue weighted by atomic mass is 10.1. The van der Waals surface area contributed by atoms with Gasteiger partial charge in [-0.2, -0.15) is 0 Å². The van der Waals surface area contributed by atoms with E-state index in [4.69, 9.17) is 4.74 Å². The molecule has 0 saturated heterocycles. The number of ether oxygens (including phenoxy) is 1. The minimum Gasteiger partial charge on any atom is -0.549 e. The molecule has 0 bridgehead atoms. The number of hydrogen-bond donors (Lipinski definition) is 0. The van der Waals surface area contributed by atoms with Gasteiger partial charge in [0, 0.05) is 5.75 Å². The number of nitrogens with zero attached hydrogens (tertiary/aromatic N) is 2. The van der Waals surface area contributed by atoms with E-state index in [9.17, 15) is 14.7 Å². The minimum absolute atomic E-state index is 0.261. The van der Waals surface area contributed by atoms with Gasteiger partial charge in [-0.1, -0.05) is 54.2 Å². The van der Waals surface area contributed by atoms with Gasteiger partial charge in [-0.25, -0.2) is 4.99 Å². The van der Waals surface area contributed by atoms with E-state index < -0.39 is 5.97 Å². The zero-order valence-electron chi connectivity index (χ0n) is 14.6. The van der Waals surface area contributed by atoms with Gasteiger partial charge in [0.2, 0.25) is 0 Å². The van der Waals surface area contributed by atoms with E-state index in [-0.39, 0.29) is 17.4 Å². The van der Waals surface area contributed by atoms with Gasteiger partial charge in [0.15, 0.2) is 5.17 Å². The van der Waals surface area contributed by atoms with Crippen molar-refractivity contribution < 1.29 is 19.4 Å². The van der Waals surface area contributed by atoms with Crippen LogP contribution in [0.15, 0.2) is 65.3 Å². The number of thioether (sulfide) groups is 1. The Morgan fingerprint density at radius 1 is 1.19 bits per heavy atom. The molecule has 1 aliphatic rings. The van der Waals surface area contributed by atoms with Gasteiger partial charge in [-0.15, -0.1) is 0 Å². The van der Waals surface area contributed by atoms with Crippen LogP contribution in [0.1, 0.15) is 11.1 Å². The van der Waals surface area contributed by atoms with Gasteiger partial charge < -0.3 is 14.6 Å². The summed E-state index contributed by atoms with van der Waals surface area (Å²) in [4.78, 5) is 29.5. The number of rotatable bonds is 6. The molecule has 7 heteroatoms. The average molecular weight is 381 g/mol. The Hall–Kier alpha value is -3.06. The van der Waals surface area contributed by atoms with E-state index in [0.29, 0.717) is 17.5 Å². The van der Waals surface area contributed by atoms with Crippen LogP contribution >= 0.6 is 11.8 Å². The Morgan fingerprint density at radius 2 is 1.89 bits per heavy atom. The van der Waals surface area contributed by atoms with Crippen LogP contribution in [-0.2, 0) is 16.1 Å². The fourth-order valence-electron chi connectivity index (χ4n) is 2.53. The molecule has 2 aromatic carbocycles.